The van der Waals surface area contributed by atoms with E-state index >= 15 is 0 Å². The van der Waals surface area contributed by atoms with Gasteiger partial charge in [-0.3, -0.25) is 4.79 Å². The highest BCUT2D eigenvalue weighted by Crippen LogP contribution is 2.36. The minimum absolute atomic E-state index is 0.0380. The molecule has 1 aromatic rings. The van der Waals surface area contributed by atoms with E-state index < -0.39 is 5.97 Å². The number of aliphatic carboxylic acids is 1. The van der Waals surface area contributed by atoms with Gasteiger partial charge in [0.25, 0.3) is 0 Å². The summed E-state index contributed by atoms with van der Waals surface area (Å²) in [7, 11) is 0. The molecule has 1 heterocycles. The quantitative estimate of drug-likeness (QED) is 0.559. The molecule has 0 saturated carbocycles. The van der Waals surface area contributed by atoms with Crippen molar-refractivity contribution in [1.82, 2.24) is 0 Å². The number of carboxylic acid groups (broad SMARTS) is 1. The van der Waals surface area contributed by atoms with Crippen molar-refractivity contribution in [3.8, 4) is 0 Å². The van der Waals surface area contributed by atoms with Crippen LogP contribution in [0.5, 0.6) is 0 Å². The highest BCUT2D eigenvalue weighted by Gasteiger charge is 2.33. The van der Waals surface area contributed by atoms with Crippen LogP contribution in [0.2, 0.25) is 0 Å². The predicted octanol–water partition coefficient (Wildman–Crippen LogP) is 4.57. The van der Waals surface area contributed by atoms with Gasteiger partial charge in [0.2, 0.25) is 0 Å². The number of carbonyl (C=O) groups is 1. The number of ether oxygens (including phenoxy) is 2. The molecule has 4 nitrogen and oxygen atoms in total. The van der Waals surface area contributed by atoms with Crippen LogP contribution < -0.4 is 0 Å². The second kappa shape index (κ2) is 9.60. The SMILES string of the molecule is CC(C)C1OCC(C/C=C\CCCC(=O)O)C(c2ccccc2)O1. The highest BCUT2D eigenvalue weighted by molar-refractivity contribution is 5.66. The van der Waals surface area contributed by atoms with Crippen molar-refractivity contribution >= 4 is 5.97 Å². The molecular weight excluding hydrogens is 304 g/mol. The lowest BCUT2D eigenvalue weighted by molar-refractivity contribution is -0.255. The molecule has 1 saturated heterocycles. The summed E-state index contributed by atoms with van der Waals surface area (Å²) >= 11 is 0. The minimum Gasteiger partial charge on any atom is -0.481 e. The summed E-state index contributed by atoms with van der Waals surface area (Å²) in [5, 5.41) is 8.65. The summed E-state index contributed by atoms with van der Waals surface area (Å²) in [6.07, 6.45) is 6.65. The Labute approximate surface area is 144 Å². The molecule has 4 heteroatoms. The zero-order chi connectivity index (χ0) is 17.4. The Hall–Kier alpha value is -1.65. The molecule has 1 aromatic carbocycles. The largest absolute Gasteiger partial charge is 0.481 e. The van der Waals surface area contributed by atoms with Crippen LogP contribution in [0.15, 0.2) is 42.5 Å². The van der Waals surface area contributed by atoms with E-state index in [4.69, 9.17) is 14.6 Å². The lowest BCUT2D eigenvalue weighted by Gasteiger charge is -2.38. The fourth-order valence-electron chi connectivity index (χ4n) is 2.90. The summed E-state index contributed by atoms with van der Waals surface area (Å²) in [4.78, 5) is 10.5. The van der Waals surface area contributed by atoms with Gasteiger partial charge in [-0.1, -0.05) is 56.3 Å². The van der Waals surface area contributed by atoms with Gasteiger partial charge in [-0.25, -0.2) is 0 Å². The molecule has 0 radical (unpaired) electrons. The van der Waals surface area contributed by atoms with Crippen LogP contribution in [0.3, 0.4) is 0 Å². The first-order valence-electron chi connectivity index (χ1n) is 8.76. The Kier molecular flexibility index (Phi) is 7.47. The predicted molar refractivity (Wildman–Crippen MR) is 93.6 cm³/mol. The third kappa shape index (κ3) is 5.77. The van der Waals surface area contributed by atoms with Crippen LogP contribution in [0.25, 0.3) is 0 Å². The average Bonchev–Trinajstić information content (AvgIpc) is 2.58. The summed E-state index contributed by atoms with van der Waals surface area (Å²) < 4.78 is 12.1. The van der Waals surface area contributed by atoms with E-state index in [1.165, 1.54) is 5.56 Å². The first-order valence-corrected chi connectivity index (χ1v) is 8.76. The van der Waals surface area contributed by atoms with E-state index in [0.29, 0.717) is 18.9 Å². The Bertz CT molecular complexity index is 524. The van der Waals surface area contributed by atoms with Gasteiger partial charge in [-0.15, -0.1) is 0 Å². The van der Waals surface area contributed by atoms with Crippen LogP contribution in [-0.2, 0) is 14.3 Å². The number of hydrogen-bond acceptors (Lipinski definition) is 3. The number of unbranched alkanes of at least 4 members (excludes halogenated alkanes) is 1. The molecular formula is C20H28O4. The molecule has 1 fully saturated rings. The molecule has 3 unspecified atom stereocenters. The van der Waals surface area contributed by atoms with E-state index in [1.807, 2.05) is 18.2 Å². The van der Waals surface area contributed by atoms with Crippen molar-refractivity contribution in [2.24, 2.45) is 11.8 Å². The molecule has 1 aliphatic rings. The smallest absolute Gasteiger partial charge is 0.303 e. The minimum atomic E-state index is -0.735. The van der Waals surface area contributed by atoms with E-state index in [0.717, 1.165) is 12.8 Å². The molecule has 1 N–H and O–H groups in total. The van der Waals surface area contributed by atoms with Gasteiger partial charge in [0.15, 0.2) is 6.29 Å². The van der Waals surface area contributed by atoms with Crippen LogP contribution in [0, 0.1) is 11.8 Å². The van der Waals surface area contributed by atoms with Gasteiger partial charge >= 0.3 is 5.97 Å². The lowest BCUT2D eigenvalue weighted by atomic mass is 9.91. The van der Waals surface area contributed by atoms with Crippen LogP contribution in [0.4, 0.5) is 0 Å². The molecule has 2 rings (SSSR count). The number of allylic oxidation sites excluding steroid dienone is 2. The maximum Gasteiger partial charge on any atom is 0.303 e. The average molecular weight is 332 g/mol. The molecule has 0 bridgehead atoms. The maximum absolute atomic E-state index is 10.5. The van der Waals surface area contributed by atoms with Gasteiger partial charge < -0.3 is 14.6 Å². The molecule has 1 aliphatic heterocycles. The van der Waals surface area contributed by atoms with Crippen molar-refractivity contribution in [2.75, 3.05) is 6.61 Å². The maximum atomic E-state index is 10.5. The van der Waals surface area contributed by atoms with E-state index in [9.17, 15) is 4.79 Å². The van der Waals surface area contributed by atoms with Gasteiger partial charge in [0, 0.05) is 18.3 Å². The molecule has 132 valence electrons. The molecule has 0 spiro atoms. The molecule has 0 amide bonds. The summed E-state index contributed by atoms with van der Waals surface area (Å²) in [5.41, 5.74) is 1.19. The molecule has 3 atom stereocenters. The summed E-state index contributed by atoms with van der Waals surface area (Å²) in [5.74, 6) is -0.136. The molecule has 0 aromatic heterocycles. The Balaban J connectivity index is 1.93. The Morgan fingerprint density at radius 1 is 1.29 bits per heavy atom. The van der Waals surface area contributed by atoms with E-state index in [1.54, 1.807) is 0 Å². The lowest BCUT2D eigenvalue weighted by Crippen LogP contribution is -2.37. The second-order valence-electron chi connectivity index (χ2n) is 6.67. The second-order valence-corrected chi connectivity index (χ2v) is 6.67. The summed E-state index contributed by atoms with van der Waals surface area (Å²) in [6.45, 7) is 4.90. The normalized spacial score (nSPS) is 24.5. The van der Waals surface area contributed by atoms with Crippen molar-refractivity contribution < 1.29 is 19.4 Å². The Morgan fingerprint density at radius 2 is 2.04 bits per heavy atom. The van der Waals surface area contributed by atoms with E-state index in [2.05, 4.69) is 38.1 Å². The Morgan fingerprint density at radius 3 is 2.71 bits per heavy atom. The van der Waals surface area contributed by atoms with Gasteiger partial charge in [-0.2, -0.15) is 0 Å². The van der Waals surface area contributed by atoms with Gasteiger partial charge in [-0.05, 0) is 24.8 Å². The van der Waals surface area contributed by atoms with Crippen LogP contribution in [0.1, 0.15) is 51.2 Å². The van der Waals surface area contributed by atoms with Crippen molar-refractivity contribution in [2.45, 2.75) is 51.9 Å². The van der Waals surface area contributed by atoms with Gasteiger partial charge in [0.05, 0.1) is 12.7 Å². The van der Waals surface area contributed by atoms with Gasteiger partial charge in [0.1, 0.15) is 0 Å². The first-order chi connectivity index (χ1) is 11.6. The monoisotopic (exact) mass is 332 g/mol. The molecule has 24 heavy (non-hydrogen) atoms. The van der Waals surface area contributed by atoms with Crippen LogP contribution >= 0.6 is 0 Å². The summed E-state index contributed by atoms with van der Waals surface area (Å²) in [6, 6.07) is 10.3. The van der Waals surface area contributed by atoms with Crippen molar-refractivity contribution in [3.05, 3.63) is 48.0 Å². The fourth-order valence-corrected chi connectivity index (χ4v) is 2.90. The van der Waals surface area contributed by atoms with E-state index in [-0.39, 0.29) is 24.7 Å². The zero-order valence-corrected chi connectivity index (χ0v) is 14.6. The third-order valence-corrected chi connectivity index (χ3v) is 4.22. The number of benzene rings is 1. The third-order valence-electron chi connectivity index (χ3n) is 4.22. The standard InChI is InChI=1S/C20H28O4/c1-15(2)20-23-14-17(12-6-3-4-9-13-18(21)22)19(24-20)16-10-7-5-8-11-16/h3,5-8,10-11,15,17,19-20H,4,9,12-14H2,1-2H3,(H,21,22)/b6-3-. The van der Waals surface area contributed by atoms with Crippen molar-refractivity contribution in [1.29, 1.82) is 0 Å². The number of hydrogen-bond donors (Lipinski definition) is 1. The van der Waals surface area contributed by atoms with Crippen LogP contribution in [-0.4, -0.2) is 24.0 Å². The first kappa shape index (κ1) is 18.7. The van der Waals surface area contributed by atoms with Crippen molar-refractivity contribution in [3.63, 3.8) is 0 Å². The fraction of sp³-hybridized carbons (Fsp3) is 0.550. The molecule has 0 aliphatic carbocycles. The topological polar surface area (TPSA) is 55.8 Å². The number of carboxylic acids is 1. The zero-order valence-electron chi connectivity index (χ0n) is 14.6. The highest BCUT2D eigenvalue weighted by atomic mass is 16.7. The number of rotatable bonds is 8.